The lowest BCUT2D eigenvalue weighted by Gasteiger charge is -2.58. The Morgan fingerprint density at radius 2 is 1.77 bits per heavy atom. The molecule has 2 aromatic rings. The van der Waals surface area contributed by atoms with Gasteiger partial charge in [0.15, 0.2) is 6.61 Å². The Balaban J connectivity index is 1.27. The monoisotopic (exact) mass is 421 g/mol. The highest BCUT2D eigenvalue weighted by molar-refractivity contribution is 5.99. The first kappa shape index (κ1) is 20.5. The van der Waals surface area contributed by atoms with Crippen molar-refractivity contribution in [2.45, 2.75) is 64.5 Å². The first-order valence-corrected chi connectivity index (χ1v) is 11.4. The minimum atomic E-state index is -0.713. The van der Waals surface area contributed by atoms with Gasteiger partial charge in [0.25, 0.3) is 0 Å². The molecule has 5 nitrogen and oxygen atoms in total. The number of rotatable bonds is 6. The zero-order valence-electron chi connectivity index (χ0n) is 18.4. The average molecular weight is 422 g/mol. The van der Waals surface area contributed by atoms with Crippen LogP contribution in [0.25, 0.3) is 0 Å². The molecule has 6 rings (SSSR count). The molecule has 0 spiro atoms. The molecule has 0 aliphatic heterocycles. The molecule has 4 bridgehead atoms. The van der Waals surface area contributed by atoms with Crippen molar-refractivity contribution < 1.29 is 19.4 Å². The fourth-order valence-electron chi connectivity index (χ4n) is 6.91. The van der Waals surface area contributed by atoms with Crippen molar-refractivity contribution in [1.82, 2.24) is 4.57 Å². The molecule has 0 amide bonds. The normalized spacial score (nSPS) is 31.1. The van der Waals surface area contributed by atoms with E-state index in [1.807, 2.05) is 38.1 Å². The first-order chi connectivity index (χ1) is 14.8. The third-order valence-electron chi connectivity index (χ3n) is 7.86. The number of aryl methyl sites for hydroxylation is 1. The lowest BCUT2D eigenvalue weighted by atomic mass is 9.48. The van der Waals surface area contributed by atoms with Gasteiger partial charge in [-0.2, -0.15) is 0 Å². The molecule has 0 unspecified atom stereocenters. The fourth-order valence-corrected chi connectivity index (χ4v) is 6.91. The predicted molar refractivity (Wildman–Crippen MR) is 117 cm³/mol. The molecule has 4 saturated carbocycles. The van der Waals surface area contributed by atoms with Gasteiger partial charge >= 0.3 is 5.97 Å². The zero-order valence-corrected chi connectivity index (χ0v) is 18.4. The number of esters is 1. The number of carbonyl (C=O) groups is 2. The number of hydrogen-bond donors (Lipinski definition) is 1. The summed E-state index contributed by atoms with van der Waals surface area (Å²) < 4.78 is 7.73. The van der Waals surface area contributed by atoms with Gasteiger partial charge in [0.2, 0.25) is 5.78 Å². The van der Waals surface area contributed by atoms with E-state index in [0.29, 0.717) is 30.4 Å². The summed E-state index contributed by atoms with van der Waals surface area (Å²) in [4.78, 5) is 26.0. The van der Waals surface area contributed by atoms with Crippen LogP contribution < -0.4 is 0 Å². The van der Waals surface area contributed by atoms with Crippen LogP contribution in [-0.2, 0) is 16.1 Å². The number of benzene rings is 1. The highest BCUT2D eigenvalue weighted by Gasteiger charge is 2.60. The molecule has 4 aliphatic rings. The minimum absolute atomic E-state index is 0.163. The summed E-state index contributed by atoms with van der Waals surface area (Å²) in [6.45, 7) is 4.41. The molecular weight excluding hydrogens is 390 g/mol. The van der Waals surface area contributed by atoms with E-state index >= 15 is 0 Å². The van der Waals surface area contributed by atoms with Crippen molar-refractivity contribution in [3.63, 3.8) is 0 Å². The summed E-state index contributed by atoms with van der Waals surface area (Å²) in [5.41, 5.74) is 2.39. The molecule has 1 N–H and O–H groups in total. The number of aliphatic hydroxyl groups is 1. The van der Waals surface area contributed by atoms with Crippen LogP contribution in [0.5, 0.6) is 0 Å². The van der Waals surface area contributed by atoms with Crippen molar-refractivity contribution in [3.05, 3.63) is 58.9 Å². The lowest BCUT2D eigenvalue weighted by molar-refractivity contribution is -0.195. The quantitative estimate of drug-likeness (QED) is 0.560. The Morgan fingerprint density at radius 3 is 2.42 bits per heavy atom. The van der Waals surface area contributed by atoms with Gasteiger partial charge < -0.3 is 14.4 Å². The third-order valence-corrected chi connectivity index (χ3v) is 7.86. The first-order valence-electron chi connectivity index (χ1n) is 11.4. The highest BCUT2D eigenvalue weighted by Crippen LogP contribution is 2.61. The van der Waals surface area contributed by atoms with Crippen LogP contribution in [0.4, 0.5) is 0 Å². The molecule has 1 heterocycles. The van der Waals surface area contributed by atoms with Crippen molar-refractivity contribution in [2.75, 3.05) is 6.61 Å². The zero-order chi connectivity index (χ0) is 21.8. The van der Waals surface area contributed by atoms with Crippen LogP contribution in [0.15, 0.2) is 36.4 Å². The van der Waals surface area contributed by atoms with Crippen molar-refractivity contribution in [2.24, 2.45) is 17.3 Å². The van der Waals surface area contributed by atoms with Gasteiger partial charge in [0, 0.05) is 23.5 Å². The molecule has 0 radical (unpaired) electrons. The molecule has 1 aromatic heterocycles. The lowest BCUT2D eigenvalue weighted by Crippen LogP contribution is -2.58. The van der Waals surface area contributed by atoms with Crippen LogP contribution in [0.3, 0.4) is 0 Å². The van der Waals surface area contributed by atoms with E-state index in [2.05, 4.69) is 16.7 Å². The minimum Gasteiger partial charge on any atom is -0.457 e. The average Bonchev–Trinajstić information content (AvgIpc) is 2.99. The smallest absolute Gasteiger partial charge is 0.312 e. The molecule has 5 heteroatoms. The van der Waals surface area contributed by atoms with E-state index in [4.69, 9.17) is 4.74 Å². The van der Waals surface area contributed by atoms with Gasteiger partial charge in [-0.3, -0.25) is 9.59 Å². The topological polar surface area (TPSA) is 68.5 Å². The summed E-state index contributed by atoms with van der Waals surface area (Å²) in [5.74, 6) is 0.369. The molecule has 1 aromatic carbocycles. The number of aromatic nitrogens is 1. The maximum Gasteiger partial charge on any atom is 0.312 e. The van der Waals surface area contributed by atoms with Crippen LogP contribution in [-0.4, -0.2) is 33.6 Å². The molecule has 164 valence electrons. The summed E-state index contributed by atoms with van der Waals surface area (Å²) in [6, 6.07) is 12.0. The van der Waals surface area contributed by atoms with E-state index in [-0.39, 0.29) is 18.4 Å². The van der Waals surface area contributed by atoms with E-state index < -0.39 is 11.0 Å². The van der Waals surface area contributed by atoms with Gasteiger partial charge in [-0.25, -0.2) is 0 Å². The number of ether oxygens (including phenoxy) is 1. The maximum atomic E-state index is 13.1. The third kappa shape index (κ3) is 3.63. The van der Waals surface area contributed by atoms with Crippen LogP contribution in [0, 0.1) is 31.1 Å². The van der Waals surface area contributed by atoms with Gasteiger partial charge in [-0.15, -0.1) is 0 Å². The van der Waals surface area contributed by atoms with E-state index in [0.717, 1.165) is 43.5 Å². The Labute approximate surface area is 183 Å². The predicted octanol–water partition coefficient (Wildman–Crippen LogP) is 4.21. The van der Waals surface area contributed by atoms with E-state index in [9.17, 15) is 14.7 Å². The molecule has 2 atom stereocenters. The van der Waals surface area contributed by atoms with E-state index in [1.165, 1.54) is 5.56 Å². The highest BCUT2D eigenvalue weighted by atomic mass is 16.5. The van der Waals surface area contributed by atoms with Crippen molar-refractivity contribution >= 4 is 11.8 Å². The van der Waals surface area contributed by atoms with Crippen LogP contribution in [0.1, 0.15) is 65.8 Å². The molecule has 4 fully saturated rings. The summed E-state index contributed by atoms with van der Waals surface area (Å²) >= 11 is 0. The Hall–Kier alpha value is -2.40. The van der Waals surface area contributed by atoms with Crippen LogP contribution in [0.2, 0.25) is 0 Å². The number of ketones is 1. The van der Waals surface area contributed by atoms with Gasteiger partial charge in [0.05, 0.1) is 11.0 Å². The van der Waals surface area contributed by atoms with Gasteiger partial charge in [-0.1, -0.05) is 30.3 Å². The number of nitrogens with zero attached hydrogens (tertiary/aromatic N) is 1. The number of carbonyl (C=O) groups excluding carboxylic acids is 2. The molecule has 0 saturated heterocycles. The second-order valence-corrected chi connectivity index (χ2v) is 10.3. The van der Waals surface area contributed by atoms with Gasteiger partial charge in [0.1, 0.15) is 0 Å². The van der Waals surface area contributed by atoms with Crippen LogP contribution >= 0.6 is 0 Å². The summed E-state index contributed by atoms with van der Waals surface area (Å²) in [6.07, 6.45) is 4.82. The summed E-state index contributed by atoms with van der Waals surface area (Å²) in [7, 11) is 0. The largest absolute Gasteiger partial charge is 0.457 e. The second-order valence-electron chi connectivity index (χ2n) is 10.3. The Bertz CT molecular complexity index is 1010. The Kier molecular flexibility index (Phi) is 4.85. The fraction of sp³-hybridized carbons (Fsp3) is 0.538. The SMILES string of the molecule is Cc1cc(C(=O)COC(=O)C23C[C@H]4C[C@@H](CC(O)(C4)C2)C3)c(C)n1Cc1ccccc1. The Morgan fingerprint density at radius 1 is 1.10 bits per heavy atom. The second kappa shape index (κ2) is 7.33. The molecular formula is C26H31NO4. The summed E-state index contributed by atoms with van der Waals surface area (Å²) in [5, 5.41) is 10.9. The maximum absolute atomic E-state index is 13.1. The van der Waals surface area contributed by atoms with Gasteiger partial charge in [-0.05, 0) is 75.8 Å². The van der Waals surface area contributed by atoms with Crippen molar-refractivity contribution in [1.29, 1.82) is 0 Å². The number of hydrogen-bond acceptors (Lipinski definition) is 4. The van der Waals surface area contributed by atoms with E-state index in [1.54, 1.807) is 0 Å². The standard InChI is InChI=1S/C26H31NO4/c1-17-8-22(18(2)27(17)14-19-6-4-3-5-7-19)23(28)15-31-24(29)25-10-20-9-21(11-25)13-26(30,12-20)16-25/h3-8,20-21,30H,9-16H2,1-2H3/t20-,21-,25?,26?/m1/s1. The molecule has 4 aliphatic carbocycles. The number of Topliss-reactive ketones (excluding diaryl/α,β-unsaturated/α-hetero) is 1. The van der Waals surface area contributed by atoms with Crippen molar-refractivity contribution in [3.8, 4) is 0 Å². The molecule has 31 heavy (non-hydrogen) atoms.